The van der Waals surface area contributed by atoms with Crippen LogP contribution in [0.2, 0.25) is 0 Å². The van der Waals surface area contributed by atoms with Crippen LogP contribution in [-0.2, 0) is 9.53 Å². The first-order chi connectivity index (χ1) is 8.24. The minimum atomic E-state index is -1.20. The molecule has 3 nitrogen and oxygen atoms in total. The molecule has 1 aromatic rings. The maximum Gasteiger partial charge on any atom is 0.339 e. The SMILES string of the molecule is CCOC(=O)C(O)/C=C/C=C/c1ccccc1. The Balaban J connectivity index is 2.45. The van der Waals surface area contributed by atoms with Crippen LogP contribution in [0.5, 0.6) is 0 Å². The van der Waals surface area contributed by atoms with Gasteiger partial charge in [-0.1, -0.05) is 48.6 Å². The van der Waals surface area contributed by atoms with Gasteiger partial charge in [-0.25, -0.2) is 4.79 Å². The van der Waals surface area contributed by atoms with Crippen LogP contribution in [0.15, 0.2) is 48.6 Å². The number of benzene rings is 1. The van der Waals surface area contributed by atoms with Gasteiger partial charge in [0.25, 0.3) is 0 Å². The van der Waals surface area contributed by atoms with E-state index in [1.807, 2.05) is 36.4 Å². The maximum absolute atomic E-state index is 11.1. The van der Waals surface area contributed by atoms with Gasteiger partial charge in [0.1, 0.15) is 0 Å². The van der Waals surface area contributed by atoms with E-state index in [0.717, 1.165) is 5.56 Å². The molecule has 0 heterocycles. The standard InChI is InChI=1S/C14H16O3/c1-2-17-14(16)13(15)11-7-6-10-12-8-4-3-5-9-12/h3-11,13,15H,2H2,1H3/b10-6+,11-7+. The molecule has 0 aromatic heterocycles. The van der Waals surface area contributed by atoms with Gasteiger partial charge in [0.05, 0.1) is 6.61 Å². The number of esters is 1. The van der Waals surface area contributed by atoms with E-state index in [0.29, 0.717) is 0 Å². The number of rotatable bonds is 5. The van der Waals surface area contributed by atoms with Crippen LogP contribution in [0.1, 0.15) is 12.5 Å². The van der Waals surface area contributed by atoms with E-state index in [2.05, 4.69) is 4.74 Å². The Kier molecular flexibility index (Phi) is 5.75. The largest absolute Gasteiger partial charge is 0.464 e. The summed E-state index contributed by atoms with van der Waals surface area (Å²) in [6.45, 7) is 1.97. The first kappa shape index (κ1) is 13.2. The summed E-state index contributed by atoms with van der Waals surface area (Å²) in [4.78, 5) is 11.1. The van der Waals surface area contributed by atoms with Gasteiger partial charge in [-0.2, -0.15) is 0 Å². The van der Waals surface area contributed by atoms with Gasteiger partial charge in [-0.05, 0) is 18.6 Å². The van der Waals surface area contributed by atoms with Crippen LogP contribution in [0.4, 0.5) is 0 Å². The molecular formula is C14H16O3. The first-order valence-electron chi connectivity index (χ1n) is 5.48. The second-order valence-corrected chi connectivity index (χ2v) is 3.35. The number of hydrogen-bond acceptors (Lipinski definition) is 3. The van der Waals surface area contributed by atoms with Crippen molar-refractivity contribution in [3.63, 3.8) is 0 Å². The Morgan fingerprint density at radius 3 is 2.71 bits per heavy atom. The van der Waals surface area contributed by atoms with Gasteiger partial charge in [0, 0.05) is 0 Å². The minimum Gasteiger partial charge on any atom is -0.464 e. The molecule has 1 N–H and O–H groups in total. The number of allylic oxidation sites excluding steroid dienone is 2. The highest BCUT2D eigenvalue weighted by Crippen LogP contribution is 2.01. The maximum atomic E-state index is 11.1. The molecule has 0 spiro atoms. The highest BCUT2D eigenvalue weighted by molar-refractivity contribution is 5.76. The Morgan fingerprint density at radius 1 is 1.35 bits per heavy atom. The highest BCUT2D eigenvalue weighted by atomic mass is 16.5. The summed E-state index contributed by atoms with van der Waals surface area (Å²) < 4.78 is 4.65. The number of ether oxygens (including phenoxy) is 1. The molecule has 17 heavy (non-hydrogen) atoms. The average Bonchev–Trinajstić information content (AvgIpc) is 2.36. The van der Waals surface area contributed by atoms with E-state index in [9.17, 15) is 9.90 Å². The fourth-order valence-corrected chi connectivity index (χ4v) is 1.21. The van der Waals surface area contributed by atoms with Crippen molar-refractivity contribution in [1.29, 1.82) is 0 Å². The van der Waals surface area contributed by atoms with Gasteiger partial charge in [0.2, 0.25) is 0 Å². The first-order valence-corrected chi connectivity index (χ1v) is 5.48. The summed E-state index contributed by atoms with van der Waals surface area (Å²) in [7, 11) is 0. The summed E-state index contributed by atoms with van der Waals surface area (Å²) >= 11 is 0. The van der Waals surface area contributed by atoms with Gasteiger partial charge in [-0.3, -0.25) is 0 Å². The summed E-state index contributed by atoms with van der Waals surface area (Å²) in [6, 6.07) is 9.75. The van der Waals surface area contributed by atoms with Crippen LogP contribution in [0.25, 0.3) is 6.08 Å². The van der Waals surface area contributed by atoms with E-state index in [1.54, 1.807) is 19.1 Å². The molecule has 0 saturated heterocycles. The molecule has 0 aliphatic carbocycles. The topological polar surface area (TPSA) is 46.5 Å². The smallest absolute Gasteiger partial charge is 0.339 e. The number of aliphatic hydroxyl groups excluding tert-OH is 1. The molecule has 1 rings (SSSR count). The van der Waals surface area contributed by atoms with Crippen LogP contribution >= 0.6 is 0 Å². The predicted octanol–water partition coefficient (Wildman–Crippen LogP) is 2.18. The number of hydrogen-bond donors (Lipinski definition) is 1. The van der Waals surface area contributed by atoms with Crippen molar-refractivity contribution < 1.29 is 14.6 Å². The zero-order chi connectivity index (χ0) is 12.5. The molecule has 0 aliphatic heterocycles. The van der Waals surface area contributed by atoms with E-state index in [-0.39, 0.29) is 6.61 Å². The van der Waals surface area contributed by atoms with Gasteiger partial charge < -0.3 is 9.84 Å². The Bertz CT molecular complexity index is 393. The lowest BCUT2D eigenvalue weighted by Crippen LogP contribution is -2.20. The van der Waals surface area contributed by atoms with Crippen molar-refractivity contribution in [3.05, 3.63) is 54.1 Å². The van der Waals surface area contributed by atoms with Crippen LogP contribution in [0, 0.1) is 0 Å². The molecule has 3 heteroatoms. The lowest BCUT2D eigenvalue weighted by Gasteiger charge is -2.03. The summed E-state index contributed by atoms with van der Waals surface area (Å²) in [5.41, 5.74) is 1.06. The molecule has 0 fully saturated rings. The number of aliphatic hydroxyl groups is 1. The Labute approximate surface area is 101 Å². The summed E-state index contributed by atoms with van der Waals surface area (Å²) in [5, 5.41) is 9.35. The van der Waals surface area contributed by atoms with Crippen LogP contribution < -0.4 is 0 Å². The molecular weight excluding hydrogens is 216 g/mol. The van der Waals surface area contributed by atoms with E-state index in [4.69, 9.17) is 0 Å². The molecule has 0 aliphatic rings. The van der Waals surface area contributed by atoms with Crippen molar-refractivity contribution in [2.45, 2.75) is 13.0 Å². The normalized spacial score (nSPS) is 13.1. The van der Waals surface area contributed by atoms with Gasteiger partial charge in [0.15, 0.2) is 6.10 Å². The molecule has 90 valence electrons. The second-order valence-electron chi connectivity index (χ2n) is 3.35. The van der Waals surface area contributed by atoms with Crippen LogP contribution in [0.3, 0.4) is 0 Å². The second kappa shape index (κ2) is 7.41. The molecule has 1 atom stereocenters. The van der Waals surface area contributed by atoms with Crippen molar-refractivity contribution in [2.24, 2.45) is 0 Å². The molecule has 0 amide bonds. The van der Waals surface area contributed by atoms with E-state index >= 15 is 0 Å². The average molecular weight is 232 g/mol. The third kappa shape index (κ3) is 5.13. The zero-order valence-corrected chi connectivity index (χ0v) is 9.74. The monoisotopic (exact) mass is 232 g/mol. The molecule has 1 unspecified atom stereocenters. The van der Waals surface area contributed by atoms with Crippen molar-refractivity contribution in [3.8, 4) is 0 Å². The Hall–Kier alpha value is -1.87. The third-order valence-corrected chi connectivity index (χ3v) is 2.02. The lowest BCUT2D eigenvalue weighted by atomic mass is 10.2. The zero-order valence-electron chi connectivity index (χ0n) is 9.74. The van der Waals surface area contributed by atoms with Gasteiger partial charge >= 0.3 is 5.97 Å². The molecule has 0 bridgehead atoms. The lowest BCUT2D eigenvalue weighted by molar-refractivity contribution is -0.150. The highest BCUT2D eigenvalue weighted by Gasteiger charge is 2.10. The minimum absolute atomic E-state index is 0.267. The molecule has 0 radical (unpaired) electrons. The fourth-order valence-electron chi connectivity index (χ4n) is 1.21. The Morgan fingerprint density at radius 2 is 2.06 bits per heavy atom. The van der Waals surface area contributed by atoms with Crippen molar-refractivity contribution >= 4 is 12.0 Å². The number of carbonyl (C=O) groups excluding carboxylic acids is 1. The van der Waals surface area contributed by atoms with Gasteiger partial charge in [-0.15, -0.1) is 0 Å². The van der Waals surface area contributed by atoms with Crippen molar-refractivity contribution in [1.82, 2.24) is 0 Å². The van der Waals surface area contributed by atoms with E-state index in [1.165, 1.54) is 6.08 Å². The van der Waals surface area contributed by atoms with Crippen LogP contribution in [-0.4, -0.2) is 23.8 Å². The molecule has 1 aromatic carbocycles. The summed E-state index contributed by atoms with van der Waals surface area (Å²) in [5.74, 6) is -0.628. The van der Waals surface area contributed by atoms with Crippen molar-refractivity contribution in [2.75, 3.05) is 6.61 Å². The third-order valence-electron chi connectivity index (χ3n) is 2.02. The fraction of sp³-hybridized carbons (Fsp3) is 0.214. The number of carbonyl (C=O) groups is 1. The predicted molar refractivity (Wildman–Crippen MR) is 67.3 cm³/mol. The molecule has 0 saturated carbocycles. The quantitative estimate of drug-likeness (QED) is 0.625. The summed E-state index contributed by atoms with van der Waals surface area (Å²) in [6.07, 6.45) is 5.45. The van der Waals surface area contributed by atoms with E-state index < -0.39 is 12.1 Å².